The Balaban J connectivity index is 4.61. The molecular formula is C5H8Br2N2O4. The first-order valence-electron chi connectivity index (χ1n) is 3.26. The van der Waals surface area contributed by atoms with Crippen molar-refractivity contribution < 1.29 is 9.85 Å². The molecule has 6 nitrogen and oxygen atoms in total. The highest BCUT2D eigenvalue weighted by atomic mass is 79.9. The van der Waals surface area contributed by atoms with Gasteiger partial charge in [-0.25, -0.2) is 0 Å². The maximum Gasteiger partial charge on any atom is 0.279 e. The first-order valence-corrected chi connectivity index (χ1v) is 4.85. The van der Waals surface area contributed by atoms with E-state index < -0.39 is 18.7 Å². The lowest BCUT2D eigenvalue weighted by Gasteiger charge is -2.19. The van der Waals surface area contributed by atoms with Crippen molar-refractivity contribution in [2.45, 2.75) is 29.2 Å². The molecule has 0 aromatic rings. The van der Waals surface area contributed by atoms with Crippen LogP contribution in [0.2, 0.25) is 0 Å². The van der Waals surface area contributed by atoms with Crippen LogP contribution in [0.1, 0.15) is 20.3 Å². The fourth-order valence-electron chi connectivity index (χ4n) is 0.718. The lowest BCUT2D eigenvalue weighted by atomic mass is 10.1. The zero-order valence-electron chi connectivity index (χ0n) is 6.99. The number of rotatable bonds is 4. The summed E-state index contributed by atoms with van der Waals surface area (Å²) in [5, 5.41) is 20.9. The standard InChI is InChI=1S/C5H8Br2N2O4/c1-4(6,8(10)11)3-5(2,7)9(12)13/h3H2,1-2H3/t4-,5-/m1/s1. The average molecular weight is 320 g/mol. The summed E-state index contributed by atoms with van der Waals surface area (Å²) in [7, 11) is 0. The third-order valence-electron chi connectivity index (χ3n) is 1.41. The number of alkyl halides is 2. The van der Waals surface area contributed by atoms with Crippen molar-refractivity contribution in [3.05, 3.63) is 20.2 Å². The van der Waals surface area contributed by atoms with E-state index in [2.05, 4.69) is 31.9 Å². The molecule has 0 saturated carbocycles. The van der Waals surface area contributed by atoms with Gasteiger partial charge in [-0.15, -0.1) is 0 Å². The summed E-state index contributed by atoms with van der Waals surface area (Å²) in [5.41, 5.74) is 0. The van der Waals surface area contributed by atoms with Gasteiger partial charge in [0.25, 0.3) is 8.90 Å². The molecule has 0 bridgehead atoms. The normalized spacial score (nSPS) is 20.0. The van der Waals surface area contributed by atoms with Crippen LogP contribution in [0.15, 0.2) is 0 Å². The Morgan fingerprint density at radius 2 is 1.31 bits per heavy atom. The number of hydrogen-bond acceptors (Lipinski definition) is 4. The number of hydrogen-bond donors (Lipinski definition) is 0. The molecule has 2 atom stereocenters. The highest BCUT2D eigenvalue weighted by Gasteiger charge is 2.48. The minimum atomic E-state index is -1.49. The van der Waals surface area contributed by atoms with Gasteiger partial charge in [-0.05, 0) is 0 Å². The van der Waals surface area contributed by atoms with Crippen LogP contribution in [0.5, 0.6) is 0 Å². The van der Waals surface area contributed by atoms with Gasteiger partial charge in [0.05, 0.1) is 0 Å². The van der Waals surface area contributed by atoms with E-state index in [1.165, 1.54) is 13.8 Å². The molecule has 0 amide bonds. The van der Waals surface area contributed by atoms with Crippen molar-refractivity contribution in [2.24, 2.45) is 0 Å². The van der Waals surface area contributed by atoms with E-state index in [9.17, 15) is 20.2 Å². The van der Waals surface area contributed by atoms with Gasteiger partial charge in [0.15, 0.2) is 0 Å². The van der Waals surface area contributed by atoms with Gasteiger partial charge in [-0.3, -0.25) is 20.2 Å². The maximum absolute atomic E-state index is 10.4. The Bertz CT molecular complexity index is 217. The first kappa shape index (κ1) is 12.8. The quantitative estimate of drug-likeness (QED) is 0.344. The van der Waals surface area contributed by atoms with Crippen molar-refractivity contribution in [1.82, 2.24) is 0 Å². The molecule has 0 N–H and O–H groups in total. The second kappa shape index (κ2) is 3.87. The van der Waals surface area contributed by atoms with E-state index in [-0.39, 0.29) is 6.42 Å². The van der Waals surface area contributed by atoms with Crippen molar-refractivity contribution in [2.75, 3.05) is 0 Å². The predicted molar refractivity (Wildman–Crippen MR) is 53.3 cm³/mol. The molecule has 13 heavy (non-hydrogen) atoms. The highest BCUT2D eigenvalue weighted by molar-refractivity contribution is 9.10. The monoisotopic (exact) mass is 318 g/mol. The molecule has 0 aliphatic heterocycles. The zero-order valence-corrected chi connectivity index (χ0v) is 10.2. The lowest BCUT2D eigenvalue weighted by molar-refractivity contribution is -0.570. The molecule has 0 aliphatic carbocycles. The fourth-order valence-corrected chi connectivity index (χ4v) is 2.19. The van der Waals surface area contributed by atoms with Crippen LogP contribution in [0.3, 0.4) is 0 Å². The van der Waals surface area contributed by atoms with Gasteiger partial charge >= 0.3 is 0 Å². The van der Waals surface area contributed by atoms with Crippen LogP contribution in [0.25, 0.3) is 0 Å². The molecule has 0 spiro atoms. The largest absolute Gasteiger partial charge is 0.279 e. The molecule has 0 rings (SSSR count). The Kier molecular flexibility index (Phi) is 3.80. The predicted octanol–water partition coefficient (Wildman–Crippen LogP) is 2.15. The van der Waals surface area contributed by atoms with Crippen molar-refractivity contribution in [3.63, 3.8) is 0 Å². The van der Waals surface area contributed by atoms with Crippen LogP contribution < -0.4 is 0 Å². The van der Waals surface area contributed by atoms with Crippen molar-refractivity contribution in [1.29, 1.82) is 0 Å². The zero-order chi connectivity index (χ0) is 10.9. The number of nitrogens with zero attached hydrogens (tertiary/aromatic N) is 2. The third kappa shape index (κ3) is 3.55. The van der Waals surface area contributed by atoms with Gasteiger partial charge < -0.3 is 0 Å². The van der Waals surface area contributed by atoms with Gasteiger partial charge in [-0.2, -0.15) is 0 Å². The summed E-state index contributed by atoms with van der Waals surface area (Å²) in [5.74, 6) is 0. The lowest BCUT2D eigenvalue weighted by Crippen LogP contribution is -2.39. The summed E-state index contributed by atoms with van der Waals surface area (Å²) in [4.78, 5) is 19.7. The maximum atomic E-state index is 10.4. The van der Waals surface area contributed by atoms with E-state index in [1.54, 1.807) is 0 Å². The summed E-state index contributed by atoms with van der Waals surface area (Å²) >= 11 is 5.63. The molecule has 0 unspecified atom stereocenters. The van der Waals surface area contributed by atoms with E-state index in [1.807, 2.05) is 0 Å². The third-order valence-corrected chi connectivity index (χ3v) is 2.55. The Hall–Kier alpha value is -0.240. The van der Waals surface area contributed by atoms with E-state index in [4.69, 9.17) is 0 Å². The van der Waals surface area contributed by atoms with Crippen LogP contribution in [0.4, 0.5) is 0 Å². The molecule has 0 fully saturated rings. The number of nitro groups is 2. The smallest absolute Gasteiger partial charge is 0.263 e. The molecule has 76 valence electrons. The molecule has 0 aromatic heterocycles. The Morgan fingerprint density at radius 3 is 1.46 bits per heavy atom. The minimum absolute atomic E-state index is 0.250. The van der Waals surface area contributed by atoms with E-state index >= 15 is 0 Å². The second-order valence-electron chi connectivity index (χ2n) is 2.98. The second-order valence-corrected chi connectivity index (χ2v) is 6.39. The molecular weight excluding hydrogens is 312 g/mol. The number of halogens is 2. The first-order chi connectivity index (χ1) is 5.59. The SMILES string of the molecule is C[C@](Br)(C[C@](C)(Br)[N+](=O)[O-])[N+](=O)[O-]. The van der Waals surface area contributed by atoms with Crippen LogP contribution in [0, 0.1) is 20.2 Å². The molecule has 0 saturated heterocycles. The van der Waals surface area contributed by atoms with Crippen LogP contribution in [-0.2, 0) is 0 Å². The molecule has 0 heterocycles. The van der Waals surface area contributed by atoms with E-state index in [0.717, 1.165) is 0 Å². The van der Waals surface area contributed by atoms with Crippen LogP contribution in [-0.4, -0.2) is 18.7 Å². The summed E-state index contributed by atoms with van der Waals surface area (Å²) in [6.45, 7) is 2.55. The van der Waals surface area contributed by atoms with Gasteiger partial charge in [0, 0.05) is 55.6 Å². The summed E-state index contributed by atoms with van der Waals surface area (Å²) in [6, 6.07) is 0. The molecule has 0 aromatic carbocycles. The summed E-state index contributed by atoms with van der Waals surface area (Å²) in [6.07, 6.45) is -0.250. The fraction of sp³-hybridized carbons (Fsp3) is 1.00. The average Bonchev–Trinajstić information content (AvgIpc) is 1.83. The molecule has 8 heteroatoms. The van der Waals surface area contributed by atoms with Crippen molar-refractivity contribution >= 4 is 31.9 Å². The highest BCUT2D eigenvalue weighted by Crippen LogP contribution is 2.34. The van der Waals surface area contributed by atoms with E-state index in [0.29, 0.717) is 0 Å². The van der Waals surface area contributed by atoms with Crippen LogP contribution >= 0.6 is 31.9 Å². The minimum Gasteiger partial charge on any atom is -0.263 e. The molecule has 0 aliphatic rings. The Morgan fingerprint density at radius 1 is 1.08 bits per heavy atom. The Labute approximate surface area is 91.2 Å². The molecule has 0 radical (unpaired) electrons. The topological polar surface area (TPSA) is 86.3 Å². The van der Waals surface area contributed by atoms with Gasteiger partial charge in [0.2, 0.25) is 0 Å². The van der Waals surface area contributed by atoms with Gasteiger partial charge in [0.1, 0.15) is 6.42 Å². The van der Waals surface area contributed by atoms with Gasteiger partial charge in [-0.1, -0.05) is 0 Å². The summed E-state index contributed by atoms with van der Waals surface area (Å²) < 4.78 is -2.98. The van der Waals surface area contributed by atoms with Crippen molar-refractivity contribution in [3.8, 4) is 0 Å².